The molecule has 3 atom stereocenters. The van der Waals surface area contributed by atoms with Crippen LogP contribution in [0.5, 0.6) is 0 Å². The second-order valence-electron chi connectivity index (χ2n) is 6.32. The van der Waals surface area contributed by atoms with Crippen LogP contribution in [0.1, 0.15) is 25.1 Å². The fraction of sp³-hybridized carbons (Fsp3) is 0.529. The van der Waals surface area contributed by atoms with Crippen molar-refractivity contribution in [2.45, 2.75) is 44.9 Å². The van der Waals surface area contributed by atoms with Gasteiger partial charge in [-0.2, -0.15) is 0 Å². The van der Waals surface area contributed by atoms with Gasteiger partial charge in [0, 0.05) is 31.5 Å². The molecule has 1 saturated heterocycles. The molecule has 1 N–H and O–H groups in total. The Balaban J connectivity index is 1.37. The van der Waals surface area contributed by atoms with Crippen molar-refractivity contribution in [2.75, 3.05) is 6.61 Å². The lowest BCUT2D eigenvalue weighted by molar-refractivity contribution is -0.124. The number of nitrogens with one attached hydrogen (secondary N) is 1. The van der Waals surface area contributed by atoms with Crippen molar-refractivity contribution >= 4 is 16.9 Å². The molecule has 22 heavy (non-hydrogen) atoms. The molecular formula is C17H21N3O2. The van der Waals surface area contributed by atoms with Gasteiger partial charge in [0.15, 0.2) is 0 Å². The van der Waals surface area contributed by atoms with Crippen LogP contribution in [0.15, 0.2) is 24.3 Å². The van der Waals surface area contributed by atoms with E-state index in [2.05, 4.69) is 20.9 Å². The molecular weight excluding hydrogens is 278 g/mol. The lowest BCUT2D eigenvalue weighted by Crippen LogP contribution is -2.53. The number of carbonyl (C=O) groups excluding carboxylic acids is 1. The number of imidazole rings is 1. The minimum Gasteiger partial charge on any atom is -0.378 e. The van der Waals surface area contributed by atoms with E-state index < -0.39 is 0 Å². The summed E-state index contributed by atoms with van der Waals surface area (Å²) in [6, 6.07) is 8.38. The average molecular weight is 299 g/mol. The molecule has 1 aromatic heterocycles. The molecule has 5 heteroatoms. The second-order valence-corrected chi connectivity index (χ2v) is 6.32. The van der Waals surface area contributed by atoms with E-state index in [4.69, 9.17) is 4.74 Å². The summed E-state index contributed by atoms with van der Waals surface area (Å²) < 4.78 is 7.70. The first-order valence-electron chi connectivity index (χ1n) is 8.05. The maximum absolute atomic E-state index is 12.2. The monoisotopic (exact) mass is 299 g/mol. The van der Waals surface area contributed by atoms with Gasteiger partial charge in [0.2, 0.25) is 5.91 Å². The number of hydrogen-bond donors (Lipinski definition) is 1. The predicted octanol–water partition coefficient (Wildman–Crippen LogP) is 2.03. The first-order valence-corrected chi connectivity index (χ1v) is 8.05. The van der Waals surface area contributed by atoms with Gasteiger partial charge in [-0.05, 0) is 31.9 Å². The normalized spacial score (nSPS) is 26.7. The first-order chi connectivity index (χ1) is 10.7. The summed E-state index contributed by atoms with van der Waals surface area (Å²) in [5.41, 5.74) is 2.09. The molecule has 0 unspecified atom stereocenters. The van der Waals surface area contributed by atoms with Gasteiger partial charge in [-0.15, -0.1) is 0 Å². The van der Waals surface area contributed by atoms with Crippen LogP contribution in [-0.2, 0) is 16.1 Å². The summed E-state index contributed by atoms with van der Waals surface area (Å²) in [6.07, 6.45) is 2.95. The van der Waals surface area contributed by atoms with E-state index in [1.165, 1.54) is 0 Å². The highest BCUT2D eigenvalue weighted by atomic mass is 16.5. The lowest BCUT2D eigenvalue weighted by Gasteiger charge is -2.39. The Hall–Kier alpha value is -1.88. The fourth-order valence-electron chi connectivity index (χ4n) is 3.73. The third-order valence-corrected chi connectivity index (χ3v) is 5.02. The van der Waals surface area contributed by atoms with Gasteiger partial charge in [0.05, 0.1) is 17.1 Å². The zero-order valence-electron chi connectivity index (χ0n) is 12.8. The number of rotatable bonds is 4. The van der Waals surface area contributed by atoms with Crippen LogP contribution in [0, 0.1) is 12.8 Å². The van der Waals surface area contributed by atoms with Gasteiger partial charge >= 0.3 is 0 Å². The number of aromatic nitrogens is 2. The quantitative estimate of drug-likeness (QED) is 0.940. The lowest BCUT2D eigenvalue weighted by atomic mass is 9.76. The van der Waals surface area contributed by atoms with E-state index in [1.807, 2.05) is 25.1 Å². The molecule has 0 radical (unpaired) electrons. The SMILES string of the molecule is Cc1nc2ccccc2n1CCC(=O)N[C@H]1C[C@@H]2OCC[C@H]12. The highest BCUT2D eigenvalue weighted by Crippen LogP contribution is 2.38. The third-order valence-electron chi connectivity index (χ3n) is 5.02. The van der Waals surface area contributed by atoms with Gasteiger partial charge < -0.3 is 14.6 Å². The van der Waals surface area contributed by atoms with Crippen LogP contribution in [0.3, 0.4) is 0 Å². The molecule has 0 bridgehead atoms. The molecule has 2 aliphatic rings. The Labute approximate surface area is 129 Å². The van der Waals surface area contributed by atoms with Crippen molar-refractivity contribution in [1.29, 1.82) is 0 Å². The van der Waals surface area contributed by atoms with Crippen LogP contribution in [-0.4, -0.2) is 34.2 Å². The zero-order chi connectivity index (χ0) is 15.1. The van der Waals surface area contributed by atoms with Gasteiger partial charge in [-0.3, -0.25) is 4.79 Å². The number of nitrogens with zero attached hydrogens (tertiary/aromatic N) is 2. The predicted molar refractivity (Wildman–Crippen MR) is 83.5 cm³/mol. The van der Waals surface area contributed by atoms with E-state index in [0.717, 1.165) is 36.3 Å². The van der Waals surface area contributed by atoms with E-state index in [-0.39, 0.29) is 5.91 Å². The van der Waals surface area contributed by atoms with Gasteiger partial charge in [0.1, 0.15) is 5.82 Å². The van der Waals surface area contributed by atoms with Crippen LogP contribution < -0.4 is 5.32 Å². The number of benzene rings is 1. The molecule has 1 aromatic carbocycles. The van der Waals surface area contributed by atoms with Gasteiger partial charge in [-0.25, -0.2) is 4.98 Å². The molecule has 4 rings (SSSR count). The Morgan fingerprint density at radius 3 is 3.18 bits per heavy atom. The zero-order valence-corrected chi connectivity index (χ0v) is 12.8. The van der Waals surface area contributed by atoms with E-state index in [9.17, 15) is 4.79 Å². The number of para-hydroxylation sites is 2. The molecule has 1 saturated carbocycles. The van der Waals surface area contributed by atoms with Crippen molar-refractivity contribution in [3.05, 3.63) is 30.1 Å². The summed E-state index contributed by atoms with van der Waals surface area (Å²) in [6.45, 7) is 3.52. The van der Waals surface area contributed by atoms with E-state index >= 15 is 0 Å². The number of aryl methyl sites for hydroxylation is 2. The van der Waals surface area contributed by atoms with Crippen LogP contribution in [0.2, 0.25) is 0 Å². The third kappa shape index (κ3) is 2.29. The Bertz CT molecular complexity index is 709. The molecule has 0 spiro atoms. The summed E-state index contributed by atoms with van der Waals surface area (Å²) in [7, 11) is 0. The van der Waals surface area contributed by atoms with E-state index in [1.54, 1.807) is 0 Å². The Kier molecular flexibility index (Phi) is 3.37. The molecule has 5 nitrogen and oxygen atoms in total. The maximum Gasteiger partial charge on any atom is 0.222 e. The minimum atomic E-state index is 0.132. The number of hydrogen-bond acceptors (Lipinski definition) is 3. The van der Waals surface area contributed by atoms with Crippen molar-refractivity contribution in [3.63, 3.8) is 0 Å². The fourth-order valence-corrected chi connectivity index (χ4v) is 3.73. The van der Waals surface area contributed by atoms with Crippen molar-refractivity contribution in [3.8, 4) is 0 Å². The molecule has 2 heterocycles. The number of amides is 1. The number of ether oxygens (including phenoxy) is 1. The largest absolute Gasteiger partial charge is 0.378 e. The molecule has 2 fully saturated rings. The number of carbonyl (C=O) groups is 1. The van der Waals surface area contributed by atoms with Gasteiger partial charge in [0.25, 0.3) is 0 Å². The Morgan fingerprint density at radius 2 is 2.32 bits per heavy atom. The van der Waals surface area contributed by atoms with Gasteiger partial charge in [-0.1, -0.05) is 12.1 Å². The topological polar surface area (TPSA) is 56.2 Å². The minimum absolute atomic E-state index is 0.132. The molecule has 1 aliphatic carbocycles. The summed E-state index contributed by atoms with van der Waals surface area (Å²) in [5, 5.41) is 3.17. The summed E-state index contributed by atoms with van der Waals surface area (Å²) >= 11 is 0. The molecule has 2 aromatic rings. The van der Waals surface area contributed by atoms with E-state index in [0.29, 0.717) is 31.0 Å². The average Bonchev–Trinajstić information content (AvgIpc) is 3.02. The summed E-state index contributed by atoms with van der Waals surface area (Å²) in [5.74, 6) is 1.63. The number of fused-ring (bicyclic) bond motifs is 2. The van der Waals surface area contributed by atoms with Crippen LogP contribution in [0.4, 0.5) is 0 Å². The standard InChI is InChI=1S/C17H21N3O2/c1-11-18-13-4-2-3-5-15(13)20(11)8-6-17(21)19-14-10-16-12(14)7-9-22-16/h2-5,12,14,16H,6-10H2,1H3,(H,19,21)/t12-,14+,16+/m1/s1. The molecule has 116 valence electrons. The molecule has 1 amide bonds. The maximum atomic E-state index is 12.2. The van der Waals surface area contributed by atoms with Crippen LogP contribution in [0.25, 0.3) is 11.0 Å². The van der Waals surface area contributed by atoms with Crippen molar-refractivity contribution < 1.29 is 9.53 Å². The van der Waals surface area contributed by atoms with Crippen LogP contribution >= 0.6 is 0 Å². The first kappa shape index (κ1) is 13.8. The smallest absolute Gasteiger partial charge is 0.222 e. The summed E-state index contributed by atoms with van der Waals surface area (Å²) in [4.78, 5) is 16.7. The second kappa shape index (κ2) is 5.39. The van der Waals surface area contributed by atoms with Crippen molar-refractivity contribution in [2.24, 2.45) is 5.92 Å². The highest BCUT2D eigenvalue weighted by Gasteiger charge is 2.45. The highest BCUT2D eigenvalue weighted by molar-refractivity contribution is 5.78. The Morgan fingerprint density at radius 1 is 1.45 bits per heavy atom. The van der Waals surface area contributed by atoms with Crippen molar-refractivity contribution in [1.82, 2.24) is 14.9 Å². The molecule has 1 aliphatic heterocycles.